The molecule has 0 saturated carbocycles. The highest BCUT2D eigenvalue weighted by molar-refractivity contribution is 5.79. The number of carbonyl (C=O) groups excluding carboxylic acids is 1. The number of nitrogens with two attached hydrogens (primary N) is 1. The molecule has 4 heteroatoms. The summed E-state index contributed by atoms with van der Waals surface area (Å²) >= 11 is 0. The Morgan fingerprint density at radius 2 is 2.18 bits per heavy atom. The minimum absolute atomic E-state index is 0.291. The van der Waals surface area contributed by atoms with E-state index in [-0.39, 0.29) is 11.9 Å². The molecular formula is C13H20N2O2. The summed E-state index contributed by atoms with van der Waals surface area (Å²) in [5, 5.41) is 0. The van der Waals surface area contributed by atoms with Crippen molar-refractivity contribution in [3.8, 4) is 5.75 Å². The van der Waals surface area contributed by atoms with Crippen LogP contribution in [0.15, 0.2) is 18.2 Å². The van der Waals surface area contributed by atoms with Crippen molar-refractivity contribution in [2.24, 2.45) is 5.73 Å². The largest absolute Gasteiger partial charge is 0.496 e. The van der Waals surface area contributed by atoms with Crippen LogP contribution in [0.3, 0.4) is 0 Å². The van der Waals surface area contributed by atoms with E-state index < -0.39 is 0 Å². The van der Waals surface area contributed by atoms with E-state index in [0.717, 1.165) is 11.3 Å². The fourth-order valence-electron chi connectivity index (χ4n) is 1.65. The van der Waals surface area contributed by atoms with Crippen LogP contribution in [0.1, 0.15) is 18.1 Å². The van der Waals surface area contributed by atoms with Gasteiger partial charge in [0.15, 0.2) is 0 Å². The van der Waals surface area contributed by atoms with Gasteiger partial charge in [-0.05, 0) is 27.0 Å². The summed E-state index contributed by atoms with van der Waals surface area (Å²) in [4.78, 5) is 13.0. The first-order chi connectivity index (χ1) is 7.95. The molecule has 94 valence electrons. The fourth-order valence-corrected chi connectivity index (χ4v) is 1.65. The smallest absolute Gasteiger partial charge is 0.234 e. The number of hydrogen-bond donors (Lipinski definition) is 1. The van der Waals surface area contributed by atoms with Gasteiger partial charge in [0.25, 0.3) is 0 Å². The fraction of sp³-hybridized carbons (Fsp3) is 0.462. The molecule has 0 aromatic heterocycles. The number of ether oxygens (including phenoxy) is 1. The minimum Gasteiger partial charge on any atom is -0.496 e. The number of amides is 1. The van der Waals surface area contributed by atoms with Gasteiger partial charge in [0.05, 0.1) is 13.2 Å². The number of likely N-dealkylation sites (N-methyl/N-ethyl adjacent to an activating group) is 1. The Balaban J connectivity index is 2.86. The SMILES string of the molecule is COc1ccc(C)cc1CN(C)[C@@H](C)C(N)=O. The maximum Gasteiger partial charge on any atom is 0.234 e. The second-order valence-electron chi connectivity index (χ2n) is 4.31. The maximum absolute atomic E-state index is 11.1. The number of methoxy groups -OCH3 is 1. The van der Waals surface area contributed by atoms with Crippen LogP contribution >= 0.6 is 0 Å². The summed E-state index contributed by atoms with van der Waals surface area (Å²) in [6.45, 7) is 4.46. The predicted molar refractivity (Wildman–Crippen MR) is 67.9 cm³/mol. The lowest BCUT2D eigenvalue weighted by Crippen LogP contribution is -2.39. The highest BCUT2D eigenvalue weighted by Crippen LogP contribution is 2.21. The van der Waals surface area contributed by atoms with Gasteiger partial charge in [-0.15, -0.1) is 0 Å². The Morgan fingerprint density at radius 1 is 1.53 bits per heavy atom. The Labute approximate surface area is 102 Å². The molecule has 1 aromatic rings. The van der Waals surface area contributed by atoms with Crippen molar-refractivity contribution < 1.29 is 9.53 Å². The lowest BCUT2D eigenvalue weighted by atomic mass is 10.1. The molecule has 0 unspecified atom stereocenters. The molecular weight excluding hydrogens is 216 g/mol. The molecule has 0 aliphatic heterocycles. The quantitative estimate of drug-likeness (QED) is 0.838. The molecule has 0 spiro atoms. The first-order valence-electron chi connectivity index (χ1n) is 5.58. The van der Waals surface area contributed by atoms with Crippen molar-refractivity contribution in [3.63, 3.8) is 0 Å². The molecule has 0 saturated heterocycles. The lowest BCUT2D eigenvalue weighted by molar-refractivity contribution is -0.122. The summed E-state index contributed by atoms with van der Waals surface area (Å²) in [6, 6.07) is 5.70. The Kier molecular flexibility index (Phi) is 4.52. The summed E-state index contributed by atoms with van der Waals surface area (Å²) in [6.07, 6.45) is 0. The third-order valence-electron chi connectivity index (χ3n) is 2.93. The van der Waals surface area contributed by atoms with Crippen LogP contribution in [-0.2, 0) is 11.3 Å². The van der Waals surface area contributed by atoms with Crippen LogP contribution in [0.25, 0.3) is 0 Å². The molecule has 17 heavy (non-hydrogen) atoms. The molecule has 2 N–H and O–H groups in total. The molecule has 0 aliphatic rings. The molecule has 1 aromatic carbocycles. The van der Waals surface area contributed by atoms with Gasteiger partial charge in [-0.25, -0.2) is 0 Å². The van der Waals surface area contributed by atoms with Gasteiger partial charge in [0.2, 0.25) is 5.91 Å². The molecule has 0 bridgehead atoms. The van der Waals surface area contributed by atoms with Crippen molar-refractivity contribution in [1.29, 1.82) is 0 Å². The van der Waals surface area contributed by atoms with Gasteiger partial charge in [-0.2, -0.15) is 0 Å². The van der Waals surface area contributed by atoms with Crippen molar-refractivity contribution in [1.82, 2.24) is 4.90 Å². The van der Waals surface area contributed by atoms with E-state index >= 15 is 0 Å². The Hall–Kier alpha value is -1.55. The monoisotopic (exact) mass is 236 g/mol. The Bertz CT molecular complexity index is 404. The average molecular weight is 236 g/mol. The van der Waals surface area contributed by atoms with E-state index in [1.54, 1.807) is 14.0 Å². The minimum atomic E-state index is -0.320. The second-order valence-corrected chi connectivity index (χ2v) is 4.31. The van der Waals surface area contributed by atoms with Crippen LogP contribution in [0.5, 0.6) is 5.75 Å². The molecule has 0 heterocycles. The van der Waals surface area contributed by atoms with Gasteiger partial charge in [-0.1, -0.05) is 17.7 Å². The van der Waals surface area contributed by atoms with Crippen molar-refractivity contribution in [3.05, 3.63) is 29.3 Å². The number of carbonyl (C=O) groups is 1. The number of rotatable bonds is 5. The molecule has 1 atom stereocenters. The van der Waals surface area contributed by atoms with Crippen LogP contribution in [-0.4, -0.2) is 31.0 Å². The number of hydrogen-bond acceptors (Lipinski definition) is 3. The number of primary amides is 1. The molecule has 4 nitrogen and oxygen atoms in total. The van der Waals surface area contributed by atoms with Gasteiger partial charge < -0.3 is 10.5 Å². The zero-order chi connectivity index (χ0) is 13.0. The second kappa shape index (κ2) is 5.68. The third kappa shape index (κ3) is 3.46. The molecule has 1 amide bonds. The lowest BCUT2D eigenvalue weighted by Gasteiger charge is -2.23. The van der Waals surface area contributed by atoms with Gasteiger partial charge in [0, 0.05) is 12.1 Å². The van der Waals surface area contributed by atoms with Crippen LogP contribution in [0.2, 0.25) is 0 Å². The summed E-state index contributed by atoms with van der Waals surface area (Å²) < 4.78 is 5.30. The van der Waals surface area contributed by atoms with E-state index in [1.807, 2.05) is 31.0 Å². The van der Waals surface area contributed by atoms with E-state index in [4.69, 9.17) is 10.5 Å². The van der Waals surface area contributed by atoms with Gasteiger partial charge in [-0.3, -0.25) is 9.69 Å². The molecule has 0 radical (unpaired) electrons. The first-order valence-corrected chi connectivity index (χ1v) is 5.58. The average Bonchev–Trinajstić information content (AvgIpc) is 2.28. The zero-order valence-corrected chi connectivity index (χ0v) is 10.9. The van der Waals surface area contributed by atoms with E-state index in [2.05, 4.69) is 6.07 Å². The summed E-state index contributed by atoms with van der Waals surface area (Å²) in [7, 11) is 3.52. The molecule has 0 aliphatic carbocycles. The Morgan fingerprint density at radius 3 is 2.71 bits per heavy atom. The summed E-state index contributed by atoms with van der Waals surface area (Å²) in [5.74, 6) is 0.512. The van der Waals surface area contributed by atoms with Gasteiger partial charge in [0.1, 0.15) is 5.75 Å². The molecule has 1 rings (SSSR count). The topological polar surface area (TPSA) is 55.6 Å². The van der Waals surface area contributed by atoms with Crippen molar-refractivity contribution in [2.75, 3.05) is 14.2 Å². The zero-order valence-electron chi connectivity index (χ0n) is 10.9. The van der Waals surface area contributed by atoms with Gasteiger partial charge >= 0.3 is 0 Å². The molecule has 0 fully saturated rings. The van der Waals surface area contributed by atoms with Crippen molar-refractivity contribution >= 4 is 5.91 Å². The third-order valence-corrected chi connectivity index (χ3v) is 2.93. The standard InChI is InChI=1S/C13H20N2O2/c1-9-5-6-12(17-4)11(7-9)8-15(3)10(2)13(14)16/h5-7,10H,8H2,1-4H3,(H2,14,16)/t10-/m0/s1. The van der Waals surface area contributed by atoms with E-state index in [1.165, 1.54) is 5.56 Å². The van der Waals surface area contributed by atoms with E-state index in [9.17, 15) is 4.79 Å². The first kappa shape index (κ1) is 13.5. The maximum atomic E-state index is 11.1. The highest BCUT2D eigenvalue weighted by atomic mass is 16.5. The predicted octanol–water partition coefficient (Wildman–Crippen LogP) is 1.31. The normalized spacial score (nSPS) is 12.5. The number of aryl methyl sites for hydroxylation is 1. The summed E-state index contributed by atoms with van der Waals surface area (Å²) in [5.41, 5.74) is 7.51. The van der Waals surface area contributed by atoms with E-state index in [0.29, 0.717) is 6.54 Å². The van der Waals surface area contributed by atoms with Crippen molar-refractivity contribution in [2.45, 2.75) is 26.4 Å². The highest BCUT2D eigenvalue weighted by Gasteiger charge is 2.16. The van der Waals surface area contributed by atoms with Crippen LogP contribution in [0, 0.1) is 6.92 Å². The number of nitrogens with zero attached hydrogens (tertiary/aromatic N) is 1. The van der Waals surface area contributed by atoms with Crippen LogP contribution in [0.4, 0.5) is 0 Å². The van der Waals surface area contributed by atoms with Crippen LogP contribution < -0.4 is 10.5 Å². The number of benzene rings is 1.